The fourth-order valence-corrected chi connectivity index (χ4v) is 3.43. The summed E-state index contributed by atoms with van der Waals surface area (Å²) in [6.07, 6.45) is 1.45. The van der Waals surface area contributed by atoms with E-state index in [4.69, 9.17) is 13.9 Å². The Kier molecular flexibility index (Phi) is 4.45. The predicted molar refractivity (Wildman–Crippen MR) is 107 cm³/mol. The number of hydrogen-bond acceptors (Lipinski definition) is 6. The third-order valence-corrected chi connectivity index (χ3v) is 4.70. The van der Waals surface area contributed by atoms with E-state index in [1.54, 1.807) is 24.3 Å². The summed E-state index contributed by atoms with van der Waals surface area (Å²) in [5, 5.41) is 21.0. The van der Waals surface area contributed by atoms with Crippen LogP contribution >= 0.6 is 0 Å². The van der Waals surface area contributed by atoms with Crippen LogP contribution in [-0.4, -0.2) is 24.3 Å². The van der Waals surface area contributed by atoms with Crippen molar-refractivity contribution >= 4 is 11.0 Å². The van der Waals surface area contributed by atoms with Gasteiger partial charge in [0, 0.05) is 5.56 Å². The number of benzene rings is 2. The highest BCUT2D eigenvalue weighted by Crippen LogP contribution is 2.50. The Morgan fingerprint density at radius 2 is 1.83 bits per heavy atom. The minimum atomic E-state index is -0.573. The van der Waals surface area contributed by atoms with E-state index in [2.05, 4.69) is 4.98 Å². The van der Waals surface area contributed by atoms with E-state index in [0.717, 1.165) is 0 Å². The fourth-order valence-electron chi connectivity index (χ4n) is 3.43. The molecule has 7 heteroatoms. The van der Waals surface area contributed by atoms with Crippen molar-refractivity contribution in [2.24, 2.45) is 0 Å². The summed E-state index contributed by atoms with van der Waals surface area (Å²) < 4.78 is 16.3. The van der Waals surface area contributed by atoms with E-state index in [1.165, 1.54) is 20.5 Å². The molecule has 2 aromatic heterocycles. The summed E-state index contributed by atoms with van der Waals surface area (Å²) in [5.41, 5.74) is 1.39. The summed E-state index contributed by atoms with van der Waals surface area (Å²) >= 11 is 0. The lowest BCUT2D eigenvalue weighted by molar-refractivity contribution is 0.367. The molecule has 0 saturated heterocycles. The number of nitriles is 1. The first-order valence-electron chi connectivity index (χ1n) is 8.68. The van der Waals surface area contributed by atoms with Crippen LogP contribution in [0.3, 0.4) is 0 Å². The number of H-pyrrole nitrogens is 1. The molecule has 2 heterocycles. The topological polar surface area (TPSA) is 108 Å². The van der Waals surface area contributed by atoms with E-state index < -0.39 is 5.56 Å². The minimum absolute atomic E-state index is 0.0187. The molecule has 0 atom stereocenters. The number of fused-ring (bicyclic) bond motifs is 1. The number of aromatic nitrogens is 1. The number of phenolic OH excluding ortho intramolecular Hbond substituents is 1. The Morgan fingerprint density at radius 3 is 2.48 bits per heavy atom. The van der Waals surface area contributed by atoms with Crippen molar-refractivity contribution in [2.75, 3.05) is 14.2 Å². The van der Waals surface area contributed by atoms with Crippen LogP contribution in [0.5, 0.6) is 17.2 Å². The van der Waals surface area contributed by atoms with Gasteiger partial charge in [-0.1, -0.05) is 30.3 Å². The highest BCUT2D eigenvalue weighted by Gasteiger charge is 2.25. The molecule has 0 fully saturated rings. The lowest BCUT2D eigenvalue weighted by Gasteiger charge is -2.16. The number of ether oxygens (including phenoxy) is 2. The van der Waals surface area contributed by atoms with Crippen LogP contribution < -0.4 is 15.0 Å². The highest BCUT2D eigenvalue weighted by molar-refractivity contribution is 6.00. The molecule has 29 heavy (non-hydrogen) atoms. The monoisotopic (exact) mass is 388 g/mol. The summed E-state index contributed by atoms with van der Waals surface area (Å²) in [7, 11) is 2.86. The first-order chi connectivity index (χ1) is 14.1. The van der Waals surface area contributed by atoms with E-state index >= 15 is 0 Å². The van der Waals surface area contributed by atoms with E-state index in [-0.39, 0.29) is 28.3 Å². The Labute approximate surface area is 165 Å². The number of pyridine rings is 1. The second-order valence-electron chi connectivity index (χ2n) is 6.23. The molecule has 0 aliphatic heterocycles. The van der Waals surface area contributed by atoms with Crippen LogP contribution in [0.25, 0.3) is 33.4 Å². The first-order valence-corrected chi connectivity index (χ1v) is 8.68. The van der Waals surface area contributed by atoms with Gasteiger partial charge in [-0.25, -0.2) is 0 Å². The number of furan rings is 1. The van der Waals surface area contributed by atoms with Crippen molar-refractivity contribution < 1.29 is 19.0 Å². The molecule has 144 valence electrons. The molecule has 2 N–H and O–H groups in total. The van der Waals surface area contributed by atoms with Gasteiger partial charge in [-0.15, -0.1) is 0 Å². The van der Waals surface area contributed by atoms with Gasteiger partial charge in [-0.3, -0.25) is 4.79 Å². The zero-order valence-corrected chi connectivity index (χ0v) is 15.6. The van der Waals surface area contributed by atoms with E-state index in [9.17, 15) is 15.2 Å². The lowest BCUT2D eigenvalue weighted by atomic mass is 9.97. The molecule has 4 rings (SSSR count). The molecule has 0 aliphatic rings. The van der Waals surface area contributed by atoms with Gasteiger partial charge in [0.05, 0.1) is 37.1 Å². The van der Waals surface area contributed by atoms with Gasteiger partial charge in [0.25, 0.3) is 5.56 Å². The minimum Gasteiger partial charge on any atom is -0.504 e. The first kappa shape index (κ1) is 18.2. The van der Waals surface area contributed by atoms with Crippen molar-refractivity contribution in [2.45, 2.75) is 0 Å². The van der Waals surface area contributed by atoms with Crippen LogP contribution in [0.4, 0.5) is 0 Å². The van der Waals surface area contributed by atoms with Gasteiger partial charge in [-0.05, 0) is 17.7 Å². The quantitative estimate of drug-likeness (QED) is 0.546. The van der Waals surface area contributed by atoms with Gasteiger partial charge in [-0.2, -0.15) is 5.26 Å². The molecular weight excluding hydrogens is 372 g/mol. The van der Waals surface area contributed by atoms with Gasteiger partial charge in [0.1, 0.15) is 17.4 Å². The second-order valence-corrected chi connectivity index (χ2v) is 6.23. The van der Waals surface area contributed by atoms with Crippen molar-refractivity contribution in [3.63, 3.8) is 0 Å². The maximum Gasteiger partial charge on any atom is 0.266 e. The van der Waals surface area contributed by atoms with Crippen molar-refractivity contribution in [1.82, 2.24) is 4.98 Å². The van der Waals surface area contributed by atoms with Crippen molar-refractivity contribution in [3.8, 4) is 45.7 Å². The molecular formula is C22H16N2O5. The number of nitrogens with zero attached hydrogens (tertiary/aromatic N) is 1. The number of hydrogen-bond donors (Lipinski definition) is 2. The lowest BCUT2D eigenvalue weighted by Crippen LogP contribution is -2.13. The molecule has 0 unspecified atom stereocenters. The van der Waals surface area contributed by atoms with Crippen LogP contribution in [-0.2, 0) is 0 Å². The number of phenols is 1. The van der Waals surface area contributed by atoms with E-state index in [0.29, 0.717) is 27.8 Å². The number of nitrogens with one attached hydrogen (secondary N) is 1. The van der Waals surface area contributed by atoms with Crippen molar-refractivity contribution in [3.05, 3.63) is 64.6 Å². The van der Waals surface area contributed by atoms with Crippen molar-refractivity contribution in [1.29, 1.82) is 5.26 Å². The number of aromatic hydroxyl groups is 1. The van der Waals surface area contributed by atoms with Gasteiger partial charge >= 0.3 is 0 Å². The number of methoxy groups -OCH3 is 2. The fraction of sp³-hybridized carbons (Fsp3) is 0.0909. The van der Waals surface area contributed by atoms with Gasteiger partial charge < -0.3 is 24.0 Å². The molecule has 0 spiro atoms. The summed E-state index contributed by atoms with van der Waals surface area (Å²) in [5.74, 6) is 0.185. The molecule has 0 bridgehead atoms. The normalized spacial score (nSPS) is 10.7. The molecule has 0 radical (unpaired) electrons. The number of aromatic amines is 1. The Bertz CT molecular complexity index is 1310. The Balaban J connectivity index is 2.10. The van der Waals surface area contributed by atoms with Gasteiger partial charge in [0.15, 0.2) is 11.3 Å². The smallest absolute Gasteiger partial charge is 0.266 e. The summed E-state index contributed by atoms with van der Waals surface area (Å²) in [6, 6.07) is 14.4. The van der Waals surface area contributed by atoms with Crippen LogP contribution in [0.15, 0.2) is 57.9 Å². The average molecular weight is 388 g/mol. The maximum atomic E-state index is 12.7. The molecule has 0 aliphatic carbocycles. The average Bonchev–Trinajstić information content (AvgIpc) is 3.22. The van der Waals surface area contributed by atoms with Crippen LogP contribution in [0.2, 0.25) is 0 Å². The molecule has 0 amide bonds. The standard InChI is InChI=1S/C22H16N2O5/c1-27-19-13-8-9-29-20(13)21(28-2)18(25)17(19)16-10-14(12-6-4-3-5-7-12)15(11-23)22(26)24-16/h3-10,25H,1-2H3,(H,24,26). The Morgan fingerprint density at radius 1 is 1.10 bits per heavy atom. The largest absolute Gasteiger partial charge is 0.504 e. The molecule has 4 aromatic rings. The molecule has 7 nitrogen and oxygen atoms in total. The molecule has 0 saturated carbocycles. The maximum absolute atomic E-state index is 12.7. The third kappa shape index (κ3) is 2.78. The van der Waals surface area contributed by atoms with Crippen LogP contribution in [0.1, 0.15) is 5.56 Å². The SMILES string of the molecule is COc1c(-c2cc(-c3ccccc3)c(C#N)c(=O)[nH]2)c(O)c(OC)c2occc12. The van der Waals surface area contributed by atoms with Gasteiger partial charge in [0.2, 0.25) is 5.75 Å². The number of rotatable bonds is 4. The highest BCUT2D eigenvalue weighted by atomic mass is 16.5. The Hall–Kier alpha value is -4.18. The zero-order chi connectivity index (χ0) is 20.5. The molecule has 2 aromatic carbocycles. The third-order valence-electron chi connectivity index (χ3n) is 4.70. The van der Waals surface area contributed by atoms with E-state index in [1.807, 2.05) is 24.3 Å². The summed E-state index contributed by atoms with van der Waals surface area (Å²) in [6.45, 7) is 0. The predicted octanol–water partition coefficient (Wildman–Crippen LogP) is 4.05. The zero-order valence-electron chi connectivity index (χ0n) is 15.6. The summed E-state index contributed by atoms with van der Waals surface area (Å²) in [4.78, 5) is 15.3. The van der Waals surface area contributed by atoms with Crippen LogP contribution in [0, 0.1) is 11.3 Å². The second kappa shape index (κ2) is 7.09.